The molecule has 1 rings (SSSR count). The van der Waals surface area contributed by atoms with Crippen molar-refractivity contribution in [3.63, 3.8) is 0 Å². The quantitative estimate of drug-likeness (QED) is 0.568. The van der Waals surface area contributed by atoms with Gasteiger partial charge >= 0.3 is 11.9 Å². The Bertz CT molecular complexity index is 388. The smallest absolute Gasteiger partial charge is 0.347 e. The summed E-state index contributed by atoms with van der Waals surface area (Å²) in [6, 6.07) is 9.20. The molecule has 0 spiro atoms. The molecule has 0 aliphatic carbocycles. The molecule has 5 nitrogen and oxygen atoms in total. The number of carbonyl (C=O) groups is 2. The lowest BCUT2D eigenvalue weighted by atomic mass is 10.3. The summed E-state index contributed by atoms with van der Waals surface area (Å²) < 4.78 is 14.9. The van der Waals surface area contributed by atoms with Gasteiger partial charge in [0.05, 0.1) is 0 Å². The summed E-state index contributed by atoms with van der Waals surface area (Å²) in [4.78, 5) is 22.0. The van der Waals surface area contributed by atoms with E-state index in [0.717, 1.165) is 0 Å². The molecule has 0 aliphatic rings. The highest BCUT2D eigenvalue weighted by molar-refractivity contribution is 5.78. The van der Waals surface area contributed by atoms with Gasteiger partial charge in [0, 0.05) is 6.92 Å². The predicted molar refractivity (Wildman–Crippen MR) is 64.1 cm³/mol. The topological polar surface area (TPSA) is 61.8 Å². The first-order valence-corrected chi connectivity index (χ1v) is 5.61. The maximum Gasteiger partial charge on any atom is 0.347 e. The average molecular weight is 252 g/mol. The van der Waals surface area contributed by atoms with Crippen LogP contribution < -0.4 is 4.74 Å². The van der Waals surface area contributed by atoms with Gasteiger partial charge in [-0.1, -0.05) is 18.2 Å². The van der Waals surface area contributed by atoms with Gasteiger partial charge in [-0.15, -0.1) is 0 Å². The summed E-state index contributed by atoms with van der Waals surface area (Å²) in [6.45, 7) is 3.06. The molecular formula is C13H16O5. The number of benzene rings is 1. The van der Waals surface area contributed by atoms with Crippen molar-refractivity contribution in [3.8, 4) is 5.75 Å². The Hall–Kier alpha value is -2.04. The van der Waals surface area contributed by atoms with Crippen LogP contribution in [0.2, 0.25) is 0 Å². The Kier molecular flexibility index (Phi) is 5.70. The predicted octanol–water partition coefficient (Wildman–Crippen LogP) is 1.56. The average Bonchev–Trinajstić information content (AvgIpc) is 2.34. The minimum Gasteiger partial charge on any atom is -0.490 e. The summed E-state index contributed by atoms with van der Waals surface area (Å²) >= 11 is 0. The Morgan fingerprint density at radius 3 is 2.44 bits per heavy atom. The van der Waals surface area contributed by atoms with Gasteiger partial charge in [0.25, 0.3) is 0 Å². The molecule has 0 radical (unpaired) electrons. The Labute approximate surface area is 106 Å². The number of hydrogen-bond donors (Lipinski definition) is 0. The fraction of sp³-hybridized carbons (Fsp3) is 0.385. The first-order valence-electron chi connectivity index (χ1n) is 5.61. The normalized spacial score (nSPS) is 11.4. The number of rotatable bonds is 6. The minimum atomic E-state index is -0.890. The lowest BCUT2D eigenvalue weighted by Crippen LogP contribution is -2.26. The first kappa shape index (κ1) is 14.0. The van der Waals surface area contributed by atoms with Gasteiger partial charge in [-0.25, -0.2) is 4.79 Å². The number of esters is 2. The van der Waals surface area contributed by atoms with E-state index < -0.39 is 18.0 Å². The zero-order chi connectivity index (χ0) is 13.4. The van der Waals surface area contributed by atoms with Gasteiger partial charge in [0.1, 0.15) is 19.0 Å². The second-order valence-corrected chi connectivity index (χ2v) is 3.58. The molecule has 98 valence electrons. The summed E-state index contributed by atoms with van der Waals surface area (Å²) in [7, 11) is 0. The minimum absolute atomic E-state index is 0.110. The van der Waals surface area contributed by atoms with Crippen molar-refractivity contribution < 1.29 is 23.8 Å². The molecule has 0 N–H and O–H groups in total. The van der Waals surface area contributed by atoms with Gasteiger partial charge < -0.3 is 14.2 Å². The molecule has 1 atom stereocenters. The third-order valence-electron chi connectivity index (χ3n) is 2.01. The Morgan fingerprint density at radius 1 is 1.17 bits per heavy atom. The molecule has 0 aromatic heterocycles. The number of para-hydroxylation sites is 1. The monoisotopic (exact) mass is 252 g/mol. The van der Waals surface area contributed by atoms with E-state index in [4.69, 9.17) is 9.47 Å². The number of hydrogen-bond acceptors (Lipinski definition) is 5. The van der Waals surface area contributed by atoms with E-state index in [1.807, 2.05) is 30.3 Å². The van der Waals surface area contributed by atoms with E-state index in [2.05, 4.69) is 4.74 Å². The highest BCUT2D eigenvalue weighted by Gasteiger charge is 2.16. The molecule has 0 heterocycles. The molecular weight excluding hydrogens is 236 g/mol. The van der Waals surface area contributed by atoms with Crippen molar-refractivity contribution in [2.24, 2.45) is 0 Å². The zero-order valence-corrected chi connectivity index (χ0v) is 10.4. The lowest BCUT2D eigenvalue weighted by molar-refractivity contribution is -0.165. The van der Waals surface area contributed by atoms with E-state index >= 15 is 0 Å². The van der Waals surface area contributed by atoms with Gasteiger partial charge in [0.15, 0.2) is 6.10 Å². The van der Waals surface area contributed by atoms with E-state index in [1.54, 1.807) is 0 Å². The van der Waals surface area contributed by atoms with Gasteiger partial charge in [-0.05, 0) is 19.1 Å². The SMILES string of the molecule is CC(=O)OC(C)C(=O)OCCOc1ccccc1. The molecule has 1 aromatic carbocycles. The molecule has 0 fully saturated rings. The van der Waals surface area contributed by atoms with Crippen molar-refractivity contribution in [3.05, 3.63) is 30.3 Å². The number of carbonyl (C=O) groups excluding carboxylic acids is 2. The van der Waals surface area contributed by atoms with Crippen molar-refractivity contribution in [1.82, 2.24) is 0 Å². The van der Waals surface area contributed by atoms with Crippen molar-refractivity contribution in [2.75, 3.05) is 13.2 Å². The molecule has 0 amide bonds. The first-order chi connectivity index (χ1) is 8.59. The van der Waals surface area contributed by atoms with Crippen LogP contribution in [0.5, 0.6) is 5.75 Å². The highest BCUT2D eigenvalue weighted by atomic mass is 16.6. The third-order valence-corrected chi connectivity index (χ3v) is 2.01. The molecule has 5 heteroatoms. The van der Waals surface area contributed by atoms with Crippen LogP contribution in [0.4, 0.5) is 0 Å². The standard InChI is InChI=1S/C13H16O5/c1-10(18-11(2)14)13(15)17-9-8-16-12-6-4-3-5-7-12/h3-7,10H,8-9H2,1-2H3. The van der Waals surface area contributed by atoms with Crippen molar-refractivity contribution >= 4 is 11.9 Å². The summed E-state index contributed by atoms with van der Waals surface area (Å²) in [5, 5.41) is 0. The third kappa shape index (κ3) is 5.34. The summed E-state index contributed by atoms with van der Waals surface area (Å²) in [5.74, 6) is -0.386. The van der Waals surface area contributed by atoms with Gasteiger partial charge in [-0.2, -0.15) is 0 Å². The largest absolute Gasteiger partial charge is 0.490 e. The van der Waals surface area contributed by atoms with Crippen LogP contribution in [0.3, 0.4) is 0 Å². The van der Waals surface area contributed by atoms with Gasteiger partial charge in [0.2, 0.25) is 0 Å². The second kappa shape index (κ2) is 7.32. The van der Waals surface area contributed by atoms with Crippen LogP contribution >= 0.6 is 0 Å². The molecule has 18 heavy (non-hydrogen) atoms. The second-order valence-electron chi connectivity index (χ2n) is 3.58. The highest BCUT2D eigenvalue weighted by Crippen LogP contribution is 2.07. The van der Waals surface area contributed by atoms with Crippen LogP contribution in [0.1, 0.15) is 13.8 Å². The lowest BCUT2D eigenvalue weighted by Gasteiger charge is -2.11. The molecule has 1 aromatic rings. The Morgan fingerprint density at radius 2 is 1.83 bits per heavy atom. The van der Waals surface area contributed by atoms with E-state index in [1.165, 1.54) is 13.8 Å². The van der Waals surface area contributed by atoms with Crippen molar-refractivity contribution in [2.45, 2.75) is 20.0 Å². The maximum atomic E-state index is 11.3. The molecule has 0 saturated heterocycles. The fourth-order valence-corrected chi connectivity index (χ4v) is 1.23. The summed E-state index contributed by atoms with van der Waals surface area (Å²) in [6.07, 6.45) is -0.890. The van der Waals surface area contributed by atoms with Crippen LogP contribution in [0.25, 0.3) is 0 Å². The van der Waals surface area contributed by atoms with E-state index in [-0.39, 0.29) is 13.2 Å². The maximum absolute atomic E-state index is 11.3. The van der Waals surface area contributed by atoms with Crippen LogP contribution in [0, 0.1) is 0 Å². The number of ether oxygens (including phenoxy) is 3. The van der Waals surface area contributed by atoms with Crippen LogP contribution in [0.15, 0.2) is 30.3 Å². The molecule has 1 unspecified atom stereocenters. The summed E-state index contributed by atoms with van der Waals surface area (Å²) in [5.41, 5.74) is 0. The van der Waals surface area contributed by atoms with Crippen LogP contribution in [-0.2, 0) is 19.1 Å². The zero-order valence-electron chi connectivity index (χ0n) is 10.4. The molecule has 0 bridgehead atoms. The van der Waals surface area contributed by atoms with E-state index in [0.29, 0.717) is 5.75 Å². The molecule has 0 saturated carbocycles. The van der Waals surface area contributed by atoms with Gasteiger partial charge in [-0.3, -0.25) is 4.79 Å². The van der Waals surface area contributed by atoms with Crippen LogP contribution in [-0.4, -0.2) is 31.3 Å². The molecule has 0 aliphatic heterocycles. The Balaban J connectivity index is 2.18. The fourth-order valence-electron chi connectivity index (χ4n) is 1.23. The van der Waals surface area contributed by atoms with Crippen molar-refractivity contribution in [1.29, 1.82) is 0 Å². The van der Waals surface area contributed by atoms with E-state index in [9.17, 15) is 9.59 Å².